The number of rotatable bonds is 4. The van der Waals surface area contributed by atoms with Crippen molar-refractivity contribution in [3.05, 3.63) is 47.9 Å². The van der Waals surface area contributed by atoms with Gasteiger partial charge in [0.2, 0.25) is 0 Å². The molecule has 0 radical (unpaired) electrons. The number of hydrogen-bond acceptors (Lipinski definition) is 2. The Kier molecular flexibility index (Phi) is 3.42. The molecule has 0 aliphatic carbocycles. The van der Waals surface area contributed by atoms with Crippen LogP contribution in [0.1, 0.15) is 18.1 Å². The summed E-state index contributed by atoms with van der Waals surface area (Å²) >= 11 is 0. The molecule has 0 saturated heterocycles. The van der Waals surface area contributed by atoms with Gasteiger partial charge in [-0.1, -0.05) is 30.7 Å². The van der Waals surface area contributed by atoms with E-state index in [1.54, 1.807) is 12.5 Å². The highest BCUT2D eigenvalue weighted by molar-refractivity contribution is 5.67. The van der Waals surface area contributed by atoms with E-state index < -0.39 is 0 Å². The third-order valence-corrected chi connectivity index (χ3v) is 2.66. The highest BCUT2D eigenvalue weighted by Crippen LogP contribution is 2.25. The third-order valence-electron chi connectivity index (χ3n) is 2.66. The van der Waals surface area contributed by atoms with Crippen molar-refractivity contribution in [2.24, 2.45) is 0 Å². The van der Waals surface area contributed by atoms with E-state index in [2.05, 4.69) is 37.4 Å². The van der Waals surface area contributed by atoms with Crippen molar-refractivity contribution in [1.29, 1.82) is 0 Å². The van der Waals surface area contributed by atoms with Crippen LogP contribution in [-0.4, -0.2) is 6.54 Å². The minimum atomic E-state index is 0.900. The van der Waals surface area contributed by atoms with Gasteiger partial charge in [0, 0.05) is 12.1 Å². The lowest BCUT2D eigenvalue weighted by atomic mass is 9.99. The van der Waals surface area contributed by atoms with Crippen LogP contribution in [0, 0.1) is 6.92 Å². The number of aryl methyl sites for hydroxylation is 1. The van der Waals surface area contributed by atoms with Gasteiger partial charge in [0.25, 0.3) is 0 Å². The molecule has 2 rings (SSSR count). The Bertz CT molecular complexity index is 446. The minimum absolute atomic E-state index is 0.900. The smallest absolute Gasteiger partial charge is 0.0981 e. The Labute approximate surface area is 96.3 Å². The quantitative estimate of drug-likeness (QED) is 0.846. The zero-order valence-electron chi connectivity index (χ0n) is 9.79. The Hall–Kier alpha value is -1.54. The van der Waals surface area contributed by atoms with Gasteiger partial charge in [-0.2, -0.15) is 0 Å². The molecule has 2 nitrogen and oxygen atoms in total. The summed E-state index contributed by atoms with van der Waals surface area (Å²) < 4.78 is 5.15. The Morgan fingerprint density at radius 3 is 2.81 bits per heavy atom. The molecule has 0 spiro atoms. The first-order chi connectivity index (χ1) is 7.81. The maximum Gasteiger partial charge on any atom is 0.0981 e. The van der Waals surface area contributed by atoms with E-state index in [1.165, 1.54) is 16.7 Å². The van der Waals surface area contributed by atoms with Crippen LogP contribution in [0.5, 0.6) is 0 Å². The van der Waals surface area contributed by atoms with Crippen LogP contribution in [0.15, 0.2) is 41.2 Å². The van der Waals surface area contributed by atoms with E-state index >= 15 is 0 Å². The summed E-state index contributed by atoms with van der Waals surface area (Å²) in [5.74, 6) is 0. The summed E-state index contributed by atoms with van der Waals surface area (Å²) in [6.07, 6.45) is 3.51. The Morgan fingerprint density at radius 2 is 2.12 bits per heavy atom. The number of nitrogens with one attached hydrogen (secondary N) is 1. The van der Waals surface area contributed by atoms with E-state index in [9.17, 15) is 0 Å². The maximum atomic E-state index is 5.15. The maximum absolute atomic E-state index is 5.15. The highest BCUT2D eigenvalue weighted by atomic mass is 16.3. The van der Waals surface area contributed by atoms with Gasteiger partial charge in [0.1, 0.15) is 0 Å². The summed E-state index contributed by atoms with van der Waals surface area (Å²) in [4.78, 5) is 0. The van der Waals surface area contributed by atoms with Crippen molar-refractivity contribution < 1.29 is 4.42 Å². The van der Waals surface area contributed by atoms with Gasteiger partial charge in [0.05, 0.1) is 12.5 Å². The topological polar surface area (TPSA) is 25.2 Å². The molecule has 0 aliphatic rings. The molecule has 1 N–H and O–H groups in total. The van der Waals surface area contributed by atoms with Crippen molar-refractivity contribution in [3.8, 4) is 11.1 Å². The van der Waals surface area contributed by atoms with Gasteiger partial charge in [-0.25, -0.2) is 0 Å². The monoisotopic (exact) mass is 215 g/mol. The lowest BCUT2D eigenvalue weighted by Crippen LogP contribution is -2.12. The fourth-order valence-corrected chi connectivity index (χ4v) is 1.79. The number of furan rings is 1. The van der Waals surface area contributed by atoms with Crippen molar-refractivity contribution in [3.63, 3.8) is 0 Å². The van der Waals surface area contributed by atoms with Crippen LogP contribution >= 0.6 is 0 Å². The van der Waals surface area contributed by atoms with E-state index in [0.717, 1.165) is 18.7 Å². The van der Waals surface area contributed by atoms with Gasteiger partial charge in [-0.15, -0.1) is 0 Å². The highest BCUT2D eigenvalue weighted by Gasteiger charge is 2.06. The van der Waals surface area contributed by atoms with Crippen LogP contribution < -0.4 is 5.32 Å². The second-order valence-electron chi connectivity index (χ2n) is 3.95. The minimum Gasteiger partial charge on any atom is -0.472 e. The van der Waals surface area contributed by atoms with Crippen molar-refractivity contribution in [2.45, 2.75) is 20.4 Å². The first-order valence-electron chi connectivity index (χ1n) is 5.64. The molecule has 0 amide bonds. The lowest BCUT2D eigenvalue weighted by molar-refractivity contribution is 0.568. The van der Waals surface area contributed by atoms with Crippen LogP contribution in [0.25, 0.3) is 11.1 Å². The first kappa shape index (κ1) is 11.0. The predicted octanol–water partition coefficient (Wildman–Crippen LogP) is 3.36. The molecule has 84 valence electrons. The SMILES string of the molecule is CCNCc1ccc(C)cc1-c1ccoc1. The van der Waals surface area contributed by atoms with Gasteiger partial charge < -0.3 is 9.73 Å². The largest absolute Gasteiger partial charge is 0.472 e. The molecule has 0 aliphatic heterocycles. The molecule has 0 fully saturated rings. The molecule has 1 aromatic carbocycles. The normalized spacial score (nSPS) is 10.6. The second-order valence-corrected chi connectivity index (χ2v) is 3.95. The van der Waals surface area contributed by atoms with Crippen molar-refractivity contribution >= 4 is 0 Å². The van der Waals surface area contributed by atoms with E-state index in [4.69, 9.17) is 4.42 Å². The summed E-state index contributed by atoms with van der Waals surface area (Å²) in [6, 6.07) is 8.54. The fourth-order valence-electron chi connectivity index (χ4n) is 1.79. The van der Waals surface area contributed by atoms with Gasteiger partial charge >= 0.3 is 0 Å². The molecular formula is C14H17NO. The molecule has 0 saturated carbocycles. The first-order valence-corrected chi connectivity index (χ1v) is 5.64. The number of hydrogen-bond donors (Lipinski definition) is 1. The molecule has 1 aromatic heterocycles. The average Bonchev–Trinajstić information content (AvgIpc) is 2.80. The molecule has 1 heterocycles. The van der Waals surface area contributed by atoms with Gasteiger partial charge in [-0.3, -0.25) is 0 Å². The summed E-state index contributed by atoms with van der Waals surface area (Å²) in [7, 11) is 0. The van der Waals surface area contributed by atoms with Crippen LogP contribution in [0.4, 0.5) is 0 Å². The molecule has 16 heavy (non-hydrogen) atoms. The second kappa shape index (κ2) is 4.99. The molecule has 0 bridgehead atoms. The van der Waals surface area contributed by atoms with Gasteiger partial charge in [-0.05, 0) is 30.7 Å². The van der Waals surface area contributed by atoms with E-state index in [0.29, 0.717) is 0 Å². The molecular weight excluding hydrogens is 198 g/mol. The summed E-state index contributed by atoms with van der Waals surface area (Å²) in [6.45, 7) is 6.11. The predicted molar refractivity (Wildman–Crippen MR) is 66.3 cm³/mol. The number of benzene rings is 1. The average molecular weight is 215 g/mol. The summed E-state index contributed by atoms with van der Waals surface area (Å²) in [5.41, 5.74) is 5.00. The molecule has 0 unspecified atom stereocenters. The molecule has 2 aromatic rings. The van der Waals surface area contributed by atoms with Crippen LogP contribution in [-0.2, 0) is 6.54 Å². The zero-order valence-corrected chi connectivity index (χ0v) is 9.79. The van der Waals surface area contributed by atoms with Crippen LogP contribution in [0.3, 0.4) is 0 Å². The fraction of sp³-hybridized carbons (Fsp3) is 0.286. The standard InChI is InChI=1S/C14H17NO/c1-3-15-9-12-5-4-11(2)8-14(12)13-6-7-16-10-13/h4-8,10,15H,3,9H2,1-2H3. The van der Waals surface area contributed by atoms with Crippen molar-refractivity contribution in [2.75, 3.05) is 6.54 Å². The van der Waals surface area contributed by atoms with Crippen LogP contribution in [0.2, 0.25) is 0 Å². The molecule has 0 atom stereocenters. The molecule has 2 heteroatoms. The van der Waals surface area contributed by atoms with E-state index in [-0.39, 0.29) is 0 Å². The van der Waals surface area contributed by atoms with E-state index in [1.807, 2.05) is 6.07 Å². The van der Waals surface area contributed by atoms with Gasteiger partial charge in [0.15, 0.2) is 0 Å². The Balaban J connectivity index is 2.37. The summed E-state index contributed by atoms with van der Waals surface area (Å²) in [5, 5.41) is 3.36. The third kappa shape index (κ3) is 2.34. The lowest BCUT2D eigenvalue weighted by Gasteiger charge is -2.09. The zero-order chi connectivity index (χ0) is 11.4. The van der Waals surface area contributed by atoms with Crippen molar-refractivity contribution in [1.82, 2.24) is 5.32 Å². The Morgan fingerprint density at radius 1 is 1.25 bits per heavy atom.